The molecule has 1 unspecified atom stereocenters. The van der Waals surface area contributed by atoms with Gasteiger partial charge in [-0.1, -0.05) is 0 Å². The van der Waals surface area contributed by atoms with Crippen molar-refractivity contribution in [1.29, 1.82) is 5.26 Å². The van der Waals surface area contributed by atoms with Gasteiger partial charge >= 0.3 is 0 Å². The van der Waals surface area contributed by atoms with Crippen molar-refractivity contribution in [1.82, 2.24) is 9.55 Å². The maximum atomic E-state index is 9.14. The summed E-state index contributed by atoms with van der Waals surface area (Å²) in [5, 5.41) is 10.2. The van der Waals surface area contributed by atoms with Crippen molar-refractivity contribution in [2.45, 2.75) is 33.7 Å². The molecule has 4 nitrogen and oxygen atoms in total. The van der Waals surface area contributed by atoms with Gasteiger partial charge in [0.15, 0.2) is 0 Å². The second-order valence-electron chi connectivity index (χ2n) is 4.44. The smallest absolute Gasteiger partial charge is 0.122 e. The fourth-order valence-corrected chi connectivity index (χ4v) is 2.99. The topological polar surface area (TPSA) is 67.6 Å². The summed E-state index contributed by atoms with van der Waals surface area (Å²) >= 11 is 1.66. The zero-order valence-corrected chi connectivity index (χ0v) is 11.8. The molecular weight excluding hydrogens is 244 g/mol. The highest BCUT2D eigenvalue weighted by Crippen LogP contribution is 2.31. The molecule has 18 heavy (non-hydrogen) atoms. The van der Waals surface area contributed by atoms with Gasteiger partial charge in [0.05, 0.1) is 11.6 Å². The molecular formula is C13H16N4S. The largest absolute Gasteiger partial charge is 0.384 e. The first kappa shape index (κ1) is 12.7. The maximum Gasteiger partial charge on any atom is 0.122 e. The van der Waals surface area contributed by atoms with E-state index in [4.69, 9.17) is 11.0 Å². The van der Waals surface area contributed by atoms with Crippen LogP contribution in [0.1, 0.15) is 39.7 Å². The molecule has 2 N–H and O–H groups in total. The van der Waals surface area contributed by atoms with Crippen molar-refractivity contribution in [3.63, 3.8) is 0 Å². The Morgan fingerprint density at radius 2 is 2.11 bits per heavy atom. The lowest BCUT2D eigenvalue weighted by Gasteiger charge is -2.15. The number of thiazole rings is 1. The van der Waals surface area contributed by atoms with E-state index in [1.165, 1.54) is 4.88 Å². The van der Waals surface area contributed by atoms with Crippen molar-refractivity contribution in [3.8, 4) is 6.07 Å². The molecule has 0 saturated heterocycles. The minimum absolute atomic E-state index is 0.0597. The van der Waals surface area contributed by atoms with Crippen LogP contribution in [0.4, 0.5) is 5.82 Å². The summed E-state index contributed by atoms with van der Waals surface area (Å²) in [4.78, 5) is 5.58. The van der Waals surface area contributed by atoms with Gasteiger partial charge in [0.1, 0.15) is 16.9 Å². The fourth-order valence-electron chi connectivity index (χ4n) is 2.17. The molecule has 0 radical (unpaired) electrons. The third-order valence-corrected chi connectivity index (χ3v) is 4.37. The van der Waals surface area contributed by atoms with E-state index in [1.807, 2.05) is 31.5 Å². The number of hydrogen-bond acceptors (Lipinski definition) is 4. The minimum atomic E-state index is 0.0597. The Hall–Kier alpha value is -1.80. The van der Waals surface area contributed by atoms with Crippen molar-refractivity contribution in [3.05, 3.63) is 32.9 Å². The molecule has 0 spiro atoms. The van der Waals surface area contributed by atoms with Crippen molar-refractivity contribution in [2.75, 3.05) is 5.73 Å². The summed E-state index contributed by atoms with van der Waals surface area (Å²) < 4.78 is 1.99. The van der Waals surface area contributed by atoms with E-state index in [-0.39, 0.29) is 6.04 Å². The summed E-state index contributed by atoms with van der Waals surface area (Å²) in [7, 11) is 0. The molecule has 2 aromatic rings. The monoisotopic (exact) mass is 260 g/mol. The lowest BCUT2D eigenvalue weighted by molar-refractivity contribution is 0.629. The molecule has 2 rings (SSSR count). The number of aromatic nitrogens is 2. The summed E-state index contributed by atoms with van der Waals surface area (Å²) in [6.07, 6.45) is 1.86. The van der Waals surface area contributed by atoms with E-state index in [1.54, 1.807) is 11.3 Å². The van der Waals surface area contributed by atoms with Crippen LogP contribution in [0.2, 0.25) is 0 Å². The van der Waals surface area contributed by atoms with E-state index < -0.39 is 0 Å². The molecule has 0 aliphatic heterocycles. The maximum absolute atomic E-state index is 9.14. The van der Waals surface area contributed by atoms with Gasteiger partial charge in [-0.25, -0.2) is 4.98 Å². The highest BCUT2D eigenvalue weighted by Gasteiger charge is 2.21. The van der Waals surface area contributed by atoms with Crippen LogP contribution in [-0.4, -0.2) is 9.55 Å². The molecule has 0 aromatic carbocycles. The Balaban J connectivity index is 2.56. The van der Waals surface area contributed by atoms with Gasteiger partial charge in [-0.05, 0) is 33.3 Å². The number of hydrogen-bond donors (Lipinski definition) is 1. The number of nitrogens with two attached hydrogens (primary N) is 1. The van der Waals surface area contributed by atoms with Crippen LogP contribution in [0.25, 0.3) is 0 Å². The van der Waals surface area contributed by atoms with Gasteiger partial charge in [-0.2, -0.15) is 5.26 Å². The molecule has 0 saturated carbocycles. The molecule has 2 aromatic heterocycles. The van der Waals surface area contributed by atoms with Crippen LogP contribution in [0.5, 0.6) is 0 Å². The molecule has 1 atom stereocenters. The number of nitriles is 1. The second-order valence-corrected chi connectivity index (χ2v) is 5.70. The number of nitrogens with zero attached hydrogens (tertiary/aromatic N) is 3. The van der Waals surface area contributed by atoms with E-state index in [9.17, 15) is 0 Å². The van der Waals surface area contributed by atoms with Gasteiger partial charge in [0.25, 0.3) is 0 Å². The normalized spacial score (nSPS) is 12.4. The molecule has 0 fully saturated rings. The summed E-state index contributed by atoms with van der Waals surface area (Å²) in [5.74, 6) is 0.535. The standard InChI is InChI=1S/C13H16N4S/c1-7-6-16-13(18-7)10(4)17-9(3)8(2)11(5-14)12(17)15/h6,10H,15H2,1-4H3. The highest BCUT2D eigenvalue weighted by atomic mass is 32.1. The summed E-state index contributed by atoms with van der Waals surface area (Å²) in [5.41, 5.74) is 8.64. The van der Waals surface area contributed by atoms with Crippen LogP contribution < -0.4 is 5.73 Å². The van der Waals surface area contributed by atoms with Crippen molar-refractivity contribution >= 4 is 17.2 Å². The highest BCUT2D eigenvalue weighted by molar-refractivity contribution is 7.11. The quantitative estimate of drug-likeness (QED) is 0.902. The predicted molar refractivity (Wildman–Crippen MR) is 73.7 cm³/mol. The second kappa shape index (κ2) is 4.46. The van der Waals surface area contributed by atoms with Crippen molar-refractivity contribution < 1.29 is 0 Å². The zero-order valence-electron chi connectivity index (χ0n) is 11.0. The van der Waals surface area contributed by atoms with Crippen LogP contribution in [0, 0.1) is 32.1 Å². The van der Waals surface area contributed by atoms with E-state index in [2.05, 4.69) is 18.0 Å². The number of rotatable bonds is 2. The van der Waals surface area contributed by atoms with Gasteiger partial charge in [-0.3, -0.25) is 0 Å². The zero-order chi connectivity index (χ0) is 13.4. The van der Waals surface area contributed by atoms with Gasteiger partial charge in [0, 0.05) is 16.8 Å². The lowest BCUT2D eigenvalue weighted by atomic mass is 10.2. The van der Waals surface area contributed by atoms with Crippen LogP contribution in [0.15, 0.2) is 6.20 Å². The molecule has 0 bridgehead atoms. The first-order valence-corrected chi connectivity index (χ1v) is 6.58. The van der Waals surface area contributed by atoms with Gasteiger partial charge in [-0.15, -0.1) is 11.3 Å². The average molecular weight is 260 g/mol. The van der Waals surface area contributed by atoms with Crippen LogP contribution >= 0.6 is 11.3 Å². The lowest BCUT2D eigenvalue weighted by Crippen LogP contribution is -2.11. The number of aryl methyl sites for hydroxylation is 1. The molecule has 2 heterocycles. The van der Waals surface area contributed by atoms with Crippen LogP contribution in [-0.2, 0) is 0 Å². The minimum Gasteiger partial charge on any atom is -0.384 e. The molecule has 0 aliphatic carbocycles. The van der Waals surface area contributed by atoms with Crippen LogP contribution in [0.3, 0.4) is 0 Å². The third kappa shape index (κ3) is 1.79. The molecule has 5 heteroatoms. The Kier molecular flexibility index (Phi) is 3.14. The Morgan fingerprint density at radius 1 is 1.44 bits per heavy atom. The SMILES string of the molecule is Cc1cnc(C(C)n2c(C)c(C)c(C#N)c2N)s1. The van der Waals surface area contributed by atoms with E-state index in [0.717, 1.165) is 16.3 Å². The molecule has 0 aliphatic rings. The predicted octanol–water partition coefficient (Wildman–Crippen LogP) is 2.93. The van der Waals surface area contributed by atoms with E-state index in [0.29, 0.717) is 11.4 Å². The van der Waals surface area contributed by atoms with Gasteiger partial charge in [0.2, 0.25) is 0 Å². The Morgan fingerprint density at radius 3 is 2.56 bits per heavy atom. The number of anilines is 1. The Labute approximate surface area is 111 Å². The van der Waals surface area contributed by atoms with Gasteiger partial charge < -0.3 is 10.3 Å². The Bertz CT molecular complexity index is 630. The average Bonchev–Trinajstić information content (AvgIpc) is 2.84. The molecule has 0 amide bonds. The first-order valence-electron chi connectivity index (χ1n) is 5.76. The van der Waals surface area contributed by atoms with Crippen molar-refractivity contribution in [2.24, 2.45) is 0 Å². The first-order chi connectivity index (χ1) is 8.47. The fraction of sp³-hybridized carbons (Fsp3) is 0.385. The third-order valence-electron chi connectivity index (χ3n) is 3.29. The number of nitrogen functional groups attached to an aromatic ring is 1. The van der Waals surface area contributed by atoms with E-state index >= 15 is 0 Å². The molecule has 94 valence electrons. The summed E-state index contributed by atoms with van der Waals surface area (Å²) in [6, 6.07) is 2.23. The summed E-state index contributed by atoms with van der Waals surface area (Å²) in [6.45, 7) is 8.01.